The van der Waals surface area contributed by atoms with Gasteiger partial charge in [0.1, 0.15) is 18.0 Å². The maximum absolute atomic E-state index is 6.31. The molecule has 0 fully saturated rings. The zero-order chi connectivity index (χ0) is 19.7. The minimum atomic E-state index is -0.253. The van der Waals surface area contributed by atoms with Crippen molar-refractivity contribution in [1.29, 1.82) is 0 Å². The molecule has 5 heteroatoms. The highest BCUT2D eigenvalue weighted by Gasteiger charge is 2.37. The van der Waals surface area contributed by atoms with E-state index in [1.807, 2.05) is 18.2 Å². The topological polar surface area (TPSA) is 26.6 Å². The molecule has 1 unspecified atom stereocenters. The van der Waals surface area contributed by atoms with Gasteiger partial charge in [0, 0.05) is 24.5 Å². The molecule has 0 saturated carbocycles. The van der Waals surface area contributed by atoms with Crippen LogP contribution in [0.1, 0.15) is 30.2 Å². The quantitative estimate of drug-likeness (QED) is 0.572. The van der Waals surface area contributed by atoms with Crippen LogP contribution in [-0.2, 0) is 30.4 Å². The maximum atomic E-state index is 6.31. The molecule has 3 aromatic rings. The Bertz CT molecular complexity index is 968. The number of fused-ring (bicyclic) bond motifs is 3. The Morgan fingerprint density at radius 2 is 1.90 bits per heavy atom. The Labute approximate surface area is 179 Å². The minimum absolute atomic E-state index is 0. The molecule has 0 spiro atoms. The lowest BCUT2D eigenvalue weighted by Gasteiger charge is -2.36. The third kappa shape index (κ3) is 4.30. The zero-order valence-corrected chi connectivity index (χ0v) is 18.6. The fourth-order valence-electron chi connectivity index (χ4n) is 4.33. The van der Waals surface area contributed by atoms with E-state index in [0.717, 1.165) is 31.7 Å². The SMILES string of the molecule is CN(C)CCC1(C)OCCc2c1n(C)c1ccc(OCc3ccccc3)cc21.Cl. The molecule has 0 bridgehead atoms. The summed E-state index contributed by atoms with van der Waals surface area (Å²) in [6.07, 6.45) is 1.93. The van der Waals surface area contributed by atoms with Crippen LogP contribution in [0.5, 0.6) is 5.75 Å². The summed E-state index contributed by atoms with van der Waals surface area (Å²) in [7, 11) is 6.39. The van der Waals surface area contributed by atoms with Crippen LogP contribution in [0.25, 0.3) is 10.9 Å². The van der Waals surface area contributed by atoms with E-state index in [4.69, 9.17) is 9.47 Å². The second kappa shape index (κ2) is 8.78. The van der Waals surface area contributed by atoms with Crippen LogP contribution in [-0.4, -0.2) is 36.7 Å². The minimum Gasteiger partial charge on any atom is -0.489 e. The molecule has 1 aliphatic heterocycles. The molecule has 1 atom stereocenters. The Hall–Kier alpha value is -2.01. The first-order valence-corrected chi connectivity index (χ1v) is 10.1. The number of rotatable bonds is 6. The molecule has 2 aromatic carbocycles. The second-order valence-electron chi connectivity index (χ2n) is 8.22. The van der Waals surface area contributed by atoms with E-state index in [9.17, 15) is 0 Å². The van der Waals surface area contributed by atoms with Crippen LogP contribution in [0.15, 0.2) is 48.5 Å². The van der Waals surface area contributed by atoms with Crippen molar-refractivity contribution in [3.05, 3.63) is 65.4 Å². The van der Waals surface area contributed by atoms with E-state index in [1.54, 1.807) is 0 Å². The average molecular weight is 415 g/mol. The second-order valence-corrected chi connectivity index (χ2v) is 8.22. The highest BCUT2D eigenvalue weighted by atomic mass is 35.5. The van der Waals surface area contributed by atoms with Gasteiger partial charge >= 0.3 is 0 Å². The third-order valence-electron chi connectivity index (χ3n) is 5.83. The molecule has 0 amide bonds. The number of halogens is 1. The van der Waals surface area contributed by atoms with Crippen molar-refractivity contribution >= 4 is 23.3 Å². The van der Waals surface area contributed by atoms with Gasteiger partial charge in [-0.2, -0.15) is 0 Å². The number of hydrogen-bond donors (Lipinski definition) is 0. The first kappa shape index (κ1) is 21.7. The molecule has 0 saturated heterocycles. The Morgan fingerprint density at radius 3 is 2.62 bits per heavy atom. The number of hydrogen-bond acceptors (Lipinski definition) is 3. The number of benzene rings is 2. The Balaban J connectivity index is 0.00000240. The fourth-order valence-corrected chi connectivity index (χ4v) is 4.33. The highest BCUT2D eigenvalue weighted by molar-refractivity contribution is 5.87. The third-order valence-corrected chi connectivity index (χ3v) is 5.83. The first-order chi connectivity index (χ1) is 13.5. The molecule has 4 rings (SSSR count). The lowest BCUT2D eigenvalue weighted by atomic mass is 9.89. The van der Waals surface area contributed by atoms with Crippen molar-refractivity contribution in [3.8, 4) is 5.75 Å². The normalized spacial score (nSPS) is 18.5. The summed E-state index contributed by atoms with van der Waals surface area (Å²) < 4.78 is 14.7. The Morgan fingerprint density at radius 1 is 1.14 bits per heavy atom. The molecule has 156 valence electrons. The summed E-state index contributed by atoms with van der Waals surface area (Å²) in [5.74, 6) is 0.922. The van der Waals surface area contributed by atoms with Gasteiger partial charge in [-0.3, -0.25) is 0 Å². The van der Waals surface area contributed by atoms with E-state index in [0.29, 0.717) is 6.61 Å². The van der Waals surface area contributed by atoms with Crippen LogP contribution in [0.4, 0.5) is 0 Å². The summed E-state index contributed by atoms with van der Waals surface area (Å²) in [6, 6.07) is 16.8. The van der Waals surface area contributed by atoms with E-state index in [1.165, 1.54) is 27.7 Å². The largest absolute Gasteiger partial charge is 0.489 e. The van der Waals surface area contributed by atoms with Crippen molar-refractivity contribution in [3.63, 3.8) is 0 Å². The number of aromatic nitrogens is 1. The smallest absolute Gasteiger partial charge is 0.120 e. The van der Waals surface area contributed by atoms with Crippen molar-refractivity contribution in [2.75, 3.05) is 27.2 Å². The lowest BCUT2D eigenvalue weighted by Crippen LogP contribution is -2.37. The molecule has 0 aliphatic carbocycles. The van der Waals surface area contributed by atoms with Gasteiger partial charge in [0.05, 0.1) is 12.3 Å². The fraction of sp³-hybridized carbons (Fsp3) is 0.417. The number of aryl methyl sites for hydroxylation is 1. The van der Waals surface area contributed by atoms with Crippen molar-refractivity contribution in [1.82, 2.24) is 9.47 Å². The van der Waals surface area contributed by atoms with Crippen LogP contribution in [0.3, 0.4) is 0 Å². The highest BCUT2D eigenvalue weighted by Crippen LogP contribution is 2.41. The summed E-state index contributed by atoms with van der Waals surface area (Å²) in [4.78, 5) is 2.22. The zero-order valence-electron chi connectivity index (χ0n) is 17.8. The van der Waals surface area contributed by atoms with Crippen molar-refractivity contribution in [2.45, 2.75) is 32.0 Å². The van der Waals surface area contributed by atoms with E-state index in [-0.39, 0.29) is 18.0 Å². The van der Waals surface area contributed by atoms with Crippen molar-refractivity contribution < 1.29 is 9.47 Å². The summed E-state index contributed by atoms with van der Waals surface area (Å²) in [5.41, 5.74) is 4.91. The van der Waals surface area contributed by atoms with Gasteiger partial charge in [-0.25, -0.2) is 0 Å². The van der Waals surface area contributed by atoms with E-state index in [2.05, 4.69) is 67.9 Å². The molecular formula is C24H31ClN2O2. The van der Waals surface area contributed by atoms with Crippen LogP contribution >= 0.6 is 12.4 Å². The first-order valence-electron chi connectivity index (χ1n) is 10.1. The molecule has 1 aliphatic rings. The molecule has 0 radical (unpaired) electrons. The predicted octanol–water partition coefficient (Wildman–Crippen LogP) is 4.92. The summed E-state index contributed by atoms with van der Waals surface area (Å²) >= 11 is 0. The molecule has 4 nitrogen and oxygen atoms in total. The number of nitrogens with zero attached hydrogens (tertiary/aromatic N) is 2. The molecule has 29 heavy (non-hydrogen) atoms. The molecule has 2 heterocycles. The van der Waals surface area contributed by atoms with Crippen LogP contribution < -0.4 is 4.74 Å². The predicted molar refractivity (Wildman–Crippen MR) is 121 cm³/mol. The van der Waals surface area contributed by atoms with Gasteiger partial charge in [0.25, 0.3) is 0 Å². The van der Waals surface area contributed by atoms with Gasteiger partial charge in [-0.15, -0.1) is 12.4 Å². The van der Waals surface area contributed by atoms with E-state index >= 15 is 0 Å². The molecule has 0 N–H and O–H groups in total. The number of ether oxygens (including phenoxy) is 2. The lowest BCUT2D eigenvalue weighted by molar-refractivity contribution is -0.0600. The maximum Gasteiger partial charge on any atom is 0.120 e. The average Bonchev–Trinajstić information content (AvgIpc) is 2.99. The van der Waals surface area contributed by atoms with Gasteiger partial charge in [0.15, 0.2) is 0 Å². The van der Waals surface area contributed by atoms with E-state index < -0.39 is 0 Å². The Kier molecular flexibility index (Phi) is 6.57. The monoisotopic (exact) mass is 414 g/mol. The van der Waals surface area contributed by atoms with Gasteiger partial charge in [-0.1, -0.05) is 30.3 Å². The molecule has 1 aromatic heterocycles. The standard InChI is InChI=1S/C24H30N2O2.ClH/c1-24(13-14-25(2)3)23-20(12-15-28-24)21-16-19(10-11-22(21)26(23)4)27-17-18-8-6-5-7-9-18;/h5-11,16H,12-15,17H2,1-4H3;1H. The summed E-state index contributed by atoms with van der Waals surface area (Å²) in [5, 5.41) is 1.29. The van der Waals surface area contributed by atoms with Gasteiger partial charge < -0.3 is 18.9 Å². The van der Waals surface area contributed by atoms with Crippen molar-refractivity contribution in [2.24, 2.45) is 7.05 Å². The van der Waals surface area contributed by atoms with Gasteiger partial charge in [-0.05, 0) is 63.2 Å². The van der Waals surface area contributed by atoms with Gasteiger partial charge in [0.2, 0.25) is 0 Å². The van der Waals surface area contributed by atoms with Crippen LogP contribution in [0.2, 0.25) is 0 Å². The van der Waals surface area contributed by atoms with Crippen LogP contribution in [0, 0.1) is 0 Å². The summed E-state index contributed by atoms with van der Waals surface area (Å²) in [6.45, 7) is 4.60. The molecular weight excluding hydrogens is 384 g/mol.